The number of hydrogen-bond acceptors (Lipinski definition) is 2. The molecule has 0 aliphatic rings. The number of nitrogens with zero attached hydrogens (tertiary/aromatic N) is 1. The molecule has 0 spiro atoms. The summed E-state index contributed by atoms with van der Waals surface area (Å²) in [5.41, 5.74) is 2.39. The van der Waals surface area contributed by atoms with Crippen LogP contribution in [0.3, 0.4) is 0 Å². The van der Waals surface area contributed by atoms with Crippen LogP contribution < -0.4 is 5.32 Å². The van der Waals surface area contributed by atoms with Gasteiger partial charge in [0.05, 0.1) is 6.07 Å². The Morgan fingerprint density at radius 2 is 1.58 bits per heavy atom. The van der Waals surface area contributed by atoms with Crippen molar-refractivity contribution in [2.45, 2.75) is 25.4 Å². The van der Waals surface area contributed by atoms with Crippen LogP contribution in [0, 0.1) is 11.3 Å². The summed E-state index contributed by atoms with van der Waals surface area (Å²) in [7, 11) is 0. The van der Waals surface area contributed by atoms with Crippen molar-refractivity contribution in [1.29, 1.82) is 5.26 Å². The second-order valence-electron chi connectivity index (χ2n) is 4.67. The number of nitrogens with one attached hydrogen (secondary N) is 1. The Kier molecular flexibility index (Phi) is 4.72. The molecule has 2 heteroatoms. The molecule has 1 N–H and O–H groups in total. The summed E-state index contributed by atoms with van der Waals surface area (Å²) in [4.78, 5) is 0. The van der Waals surface area contributed by atoms with E-state index in [1.807, 2.05) is 36.4 Å². The molecular formula is C17H18N2. The van der Waals surface area contributed by atoms with Crippen LogP contribution in [0.15, 0.2) is 60.7 Å². The molecule has 0 aliphatic carbocycles. The summed E-state index contributed by atoms with van der Waals surface area (Å²) in [5, 5.41) is 12.6. The van der Waals surface area contributed by atoms with Crippen LogP contribution in [0.2, 0.25) is 0 Å². The molecule has 0 fully saturated rings. The lowest BCUT2D eigenvalue weighted by atomic mass is 9.94. The average Bonchev–Trinajstić information content (AvgIpc) is 2.49. The third-order valence-electron chi connectivity index (χ3n) is 3.33. The molecular weight excluding hydrogens is 232 g/mol. The predicted octanol–water partition coefficient (Wildman–Crippen LogP) is 3.47. The van der Waals surface area contributed by atoms with Gasteiger partial charge in [0.25, 0.3) is 0 Å². The average molecular weight is 250 g/mol. The van der Waals surface area contributed by atoms with E-state index in [1.54, 1.807) is 0 Å². The van der Waals surface area contributed by atoms with Crippen LogP contribution >= 0.6 is 0 Å². The van der Waals surface area contributed by atoms with Gasteiger partial charge >= 0.3 is 0 Å². The van der Waals surface area contributed by atoms with Gasteiger partial charge in [-0.3, -0.25) is 5.32 Å². The van der Waals surface area contributed by atoms with E-state index >= 15 is 0 Å². The van der Waals surface area contributed by atoms with Gasteiger partial charge in [0, 0.05) is 12.5 Å². The largest absolute Gasteiger partial charge is 0.297 e. The van der Waals surface area contributed by atoms with Gasteiger partial charge in [-0.2, -0.15) is 5.26 Å². The van der Waals surface area contributed by atoms with Crippen molar-refractivity contribution >= 4 is 0 Å². The van der Waals surface area contributed by atoms with Gasteiger partial charge in [-0.15, -0.1) is 0 Å². The normalized spacial score (nSPS) is 13.5. The number of hydrogen-bond donors (Lipinski definition) is 1. The highest BCUT2D eigenvalue weighted by atomic mass is 14.9. The summed E-state index contributed by atoms with van der Waals surface area (Å²) < 4.78 is 0. The van der Waals surface area contributed by atoms with Crippen molar-refractivity contribution in [2.24, 2.45) is 0 Å². The highest BCUT2D eigenvalue weighted by molar-refractivity contribution is 5.23. The highest BCUT2D eigenvalue weighted by Gasteiger charge is 2.17. The molecule has 0 bridgehead atoms. The SMILES string of the molecule is C[C@H](c1ccccc1)[C@@H](C#N)NCc1ccccc1. The van der Waals surface area contributed by atoms with E-state index in [2.05, 4.69) is 42.6 Å². The maximum Gasteiger partial charge on any atom is 0.102 e. The van der Waals surface area contributed by atoms with Crippen LogP contribution in [-0.4, -0.2) is 6.04 Å². The van der Waals surface area contributed by atoms with Gasteiger partial charge in [0.1, 0.15) is 6.04 Å². The molecule has 0 aromatic heterocycles. The quantitative estimate of drug-likeness (QED) is 0.882. The fraction of sp³-hybridized carbons (Fsp3) is 0.235. The lowest BCUT2D eigenvalue weighted by Gasteiger charge is -2.19. The molecule has 0 unspecified atom stereocenters. The Balaban J connectivity index is 1.99. The van der Waals surface area contributed by atoms with Crippen molar-refractivity contribution in [3.8, 4) is 6.07 Å². The second kappa shape index (κ2) is 6.72. The molecule has 0 saturated heterocycles. The van der Waals surface area contributed by atoms with Gasteiger partial charge in [0.15, 0.2) is 0 Å². The zero-order valence-corrected chi connectivity index (χ0v) is 11.1. The molecule has 0 saturated carbocycles. The van der Waals surface area contributed by atoms with Gasteiger partial charge in [0.2, 0.25) is 0 Å². The van der Waals surface area contributed by atoms with Crippen molar-refractivity contribution in [1.82, 2.24) is 5.32 Å². The lowest BCUT2D eigenvalue weighted by Crippen LogP contribution is -2.32. The van der Waals surface area contributed by atoms with E-state index in [0.717, 1.165) is 6.54 Å². The first-order chi connectivity index (χ1) is 9.31. The molecule has 2 nitrogen and oxygen atoms in total. The predicted molar refractivity (Wildman–Crippen MR) is 77.5 cm³/mol. The summed E-state index contributed by atoms with van der Waals surface area (Å²) in [6.45, 7) is 2.80. The first kappa shape index (κ1) is 13.3. The van der Waals surface area contributed by atoms with Gasteiger partial charge in [-0.1, -0.05) is 67.6 Å². The third-order valence-corrected chi connectivity index (χ3v) is 3.33. The van der Waals surface area contributed by atoms with Crippen LogP contribution in [0.4, 0.5) is 0 Å². The van der Waals surface area contributed by atoms with Crippen molar-refractivity contribution < 1.29 is 0 Å². The molecule has 0 heterocycles. The van der Waals surface area contributed by atoms with Crippen molar-refractivity contribution in [2.75, 3.05) is 0 Å². The fourth-order valence-electron chi connectivity index (χ4n) is 2.11. The molecule has 2 aromatic carbocycles. The monoisotopic (exact) mass is 250 g/mol. The Labute approximate surface area is 114 Å². The van der Waals surface area contributed by atoms with Gasteiger partial charge < -0.3 is 0 Å². The number of nitriles is 1. The zero-order valence-electron chi connectivity index (χ0n) is 11.1. The van der Waals surface area contributed by atoms with E-state index in [1.165, 1.54) is 11.1 Å². The number of benzene rings is 2. The second-order valence-corrected chi connectivity index (χ2v) is 4.67. The van der Waals surface area contributed by atoms with Crippen molar-refractivity contribution in [3.05, 3.63) is 71.8 Å². The van der Waals surface area contributed by atoms with E-state index in [0.29, 0.717) is 0 Å². The molecule has 0 radical (unpaired) electrons. The Morgan fingerprint density at radius 1 is 1.00 bits per heavy atom. The van der Waals surface area contributed by atoms with Crippen LogP contribution in [-0.2, 0) is 6.54 Å². The summed E-state index contributed by atoms with van der Waals surface area (Å²) in [6.07, 6.45) is 0. The van der Waals surface area contributed by atoms with Crippen LogP contribution in [0.5, 0.6) is 0 Å². The molecule has 2 aromatic rings. The van der Waals surface area contributed by atoms with E-state index in [9.17, 15) is 5.26 Å². The summed E-state index contributed by atoms with van der Waals surface area (Å²) >= 11 is 0. The molecule has 96 valence electrons. The molecule has 2 atom stereocenters. The first-order valence-electron chi connectivity index (χ1n) is 6.53. The summed E-state index contributed by atoms with van der Waals surface area (Å²) in [5.74, 6) is 0.176. The van der Waals surface area contributed by atoms with Crippen LogP contribution in [0.25, 0.3) is 0 Å². The Bertz CT molecular complexity index is 528. The van der Waals surface area contributed by atoms with E-state index < -0.39 is 0 Å². The molecule has 0 amide bonds. The van der Waals surface area contributed by atoms with E-state index in [-0.39, 0.29) is 12.0 Å². The maximum absolute atomic E-state index is 9.32. The minimum atomic E-state index is -0.178. The molecule has 2 rings (SSSR count). The Morgan fingerprint density at radius 3 is 2.16 bits per heavy atom. The topological polar surface area (TPSA) is 35.8 Å². The smallest absolute Gasteiger partial charge is 0.102 e. The van der Waals surface area contributed by atoms with Crippen molar-refractivity contribution in [3.63, 3.8) is 0 Å². The maximum atomic E-state index is 9.32. The number of rotatable bonds is 5. The zero-order chi connectivity index (χ0) is 13.5. The minimum Gasteiger partial charge on any atom is -0.297 e. The van der Waals surface area contributed by atoms with E-state index in [4.69, 9.17) is 0 Å². The summed E-state index contributed by atoms with van der Waals surface area (Å²) in [6, 6.07) is 22.5. The van der Waals surface area contributed by atoms with Gasteiger partial charge in [-0.05, 0) is 11.1 Å². The van der Waals surface area contributed by atoms with Crippen LogP contribution in [0.1, 0.15) is 24.0 Å². The molecule has 0 aliphatic heterocycles. The fourth-order valence-corrected chi connectivity index (χ4v) is 2.11. The standard InChI is InChI=1S/C17H18N2/c1-14(16-10-6-3-7-11-16)17(12-18)19-13-15-8-4-2-5-9-15/h2-11,14,17,19H,13H2,1H3/t14-,17-/m1/s1. The van der Waals surface area contributed by atoms with Gasteiger partial charge in [-0.25, -0.2) is 0 Å². The third kappa shape index (κ3) is 3.67. The minimum absolute atomic E-state index is 0.176. The first-order valence-corrected chi connectivity index (χ1v) is 6.53. The lowest BCUT2D eigenvalue weighted by molar-refractivity contribution is 0.530. The molecule has 19 heavy (non-hydrogen) atoms. The highest BCUT2D eigenvalue weighted by Crippen LogP contribution is 2.18. The Hall–Kier alpha value is -2.11.